The van der Waals surface area contributed by atoms with E-state index in [4.69, 9.17) is 9.47 Å². The fraction of sp³-hybridized carbons (Fsp3) is 0.565. The Labute approximate surface area is 171 Å². The fourth-order valence-electron chi connectivity index (χ4n) is 4.32. The number of likely N-dealkylation sites (tertiary alicyclic amines) is 1. The summed E-state index contributed by atoms with van der Waals surface area (Å²) in [6.07, 6.45) is 4.02. The highest BCUT2D eigenvalue weighted by Crippen LogP contribution is 2.26. The van der Waals surface area contributed by atoms with Crippen LogP contribution in [0.3, 0.4) is 0 Å². The predicted molar refractivity (Wildman–Crippen MR) is 108 cm³/mol. The van der Waals surface area contributed by atoms with E-state index >= 15 is 0 Å². The number of carbonyl (C=O) groups excluding carboxylic acids is 2. The van der Waals surface area contributed by atoms with Crippen LogP contribution >= 0.6 is 0 Å². The Hall–Kier alpha value is -2.20. The van der Waals surface area contributed by atoms with Crippen LogP contribution in [0.1, 0.15) is 49.1 Å². The highest BCUT2D eigenvalue weighted by Gasteiger charge is 2.30. The molecule has 4 rings (SSSR count). The molecule has 1 N–H and O–H groups in total. The van der Waals surface area contributed by atoms with Gasteiger partial charge in [0.1, 0.15) is 0 Å². The molecule has 0 aliphatic carbocycles. The van der Waals surface area contributed by atoms with Gasteiger partial charge in [-0.25, -0.2) is 0 Å². The molecule has 3 aliphatic heterocycles. The summed E-state index contributed by atoms with van der Waals surface area (Å²) in [5.41, 5.74) is 1.85. The average Bonchev–Trinajstić information content (AvgIpc) is 3.27. The van der Waals surface area contributed by atoms with Gasteiger partial charge < -0.3 is 14.4 Å². The zero-order valence-electron chi connectivity index (χ0n) is 16.7. The van der Waals surface area contributed by atoms with Crippen molar-refractivity contribution in [2.24, 2.45) is 5.92 Å². The van der Waals surface area contributed by atoms with Gasteiger partial charge in [0, 0.05) is 30.9 Å². The third-order valence-corrected chi connectivity index (χ3v) is 5.98. The summed E-state index contributed by atoms with van der Waals surface area (Å²) in [5, 5.41) is 2.42. The first-order chi connectivity index (χ1) is 14.2. The third-order valence-electron chi connectivity index (χ3n) is 5.98. The number of nitrogens with zero attached hydrogens (tertiary/aromatic N) is 1. The molecule has 0 bridgehead atoms. The first-order valence-corrected chi connectivity index (χ1v) is 10.6. The summed E-state index contributed by atoms with van der Waals surface area (Å²) >= 11 is 0. The number of amides is 2. The molecule has 6 nitrogen and oxygen atoms in total. The molecule has 0 radical (unpaired) electrons. The van der Waals surface area contributed by atoms with E-state index in [2.05, 4.69) is 22.1 Å². The molecule has 0 spiro atoms. The fourth-order valence-corrected chi connectivity index (χ4v) is 4.32. The number of ether oxygens (including phenoxy) is 2. The largest absolute Gasteiger partial charge is 0.350 e. The lowest BCUT2D eigenvalue weighted by atomic mass is 9.90. The summed E-state index contributed by atoms with van der Waals surface area (Å²) in [7, 11) is 0. The van der Waals surface area contributed by atoms with Crippen molar-refractivity contribution >= 4 is 11.8 Å². The number of carbonyl (C=O) groups is 2. The molecule has 154 valence electrons. The Balaban J connectivity index is 1.25. The second-order valence-corrected chi connectivity index (χ2v) is 7.97. The van der Waals surface area contributed by atoms with Gasteiger partial charge in [-0.1, -0.05) is 24.0 Å². The molecule has 3 aliphatic rings. The normalized spacial score (nSPS) is 24.2. The topological polar surface area (TPSA) is 67.9 Å². The van der Waals surface area contributed by atoms with Crippen LogP contribution in [-0.4, -0.2) is 55.9 Å². The minimum Gasteiger partial charge on any atom is -0.350 e. The molecule has 1 atom stereocenters. The molecule has 1 aromatic carbocycles. The lowest BCUT2D eigenvalue weighted by molar-refractivity contribution is -0.134. The molecule has 3 fully saturated rings. The maximum Gasteiger partial charge on any atom is 0.234 e. The summed E-state index contributed by atoms with van der Waals surface area (Å²) in [4.78, 5) is 25.9. The van der Waals surface area contributed by atoms with Crippen molar-refractivity contribution in [3.8, 4) is 11.8 Å². The first-order valence-electron chi connectivity index (χ1n) is 10.6. The maximum atomic E-state index is 12.1. The number of benzene rings is 1. The van der Waals surface area contributed by atoms with Gasteiger partial charge in [0.05, 0.1) is 19.1 Å². The molecule has 0 saturated carbocycles. The van der Waals surface area contributed by atoms with Gasteiger partial charge in [-0.15, -0.1) is 0 Å². The Morgan fingerprint density at radius 3 is 2.66 bits per heavy atom. The number of rotatable bonds is 4. The van der Waals surface area contributed by atoms with Crippen molar-refractivity contribution in [2.75, 3.05) is 32.8 Å². The lowest BCUT2D eigenvalue weighted by Crippen LogP contribution is -2.39. The Morgan fingerprint density at radius 2 is 1.90 bits per heavy atom. The molecule has 0 aromatic heterocycles. The van der Waals surface area contributed by atoms with Crippen molar-refractivity contribution in [1.29, 1.82) is 0 Å². The van der Waals surface area contributed by atoms with E-state index in [9.17, 15) is 9.59 Å². The molecular formula is C23H28N2O4. The first kappa shape index (κ1) is 20.1. The van der Waals surface area contributed by atoms with Crippen molar-refractivity contribution in [2.45, 2.75) is 44.3 Å². The average molecular weight is 396 g/mol. The van der Waals surface area contributed by atoms with Crippen molar-refractivity contribution < 1.29 is 19.1 Å². The van der Waals surface area contributed by atoms with Crippen molar-refractivity contribution in [3.05, 3.63) is 35.4 Å². The molecular weight excluding hydrogens is 368 g/mol. The quantitative estimate of drug-likeness (QED) is 0.623. The van der Waals surface area contributed by atoms with Crippen LogP contribution < -0.4 is 5.32 Å². The lowest BCUT2D eigenvalue weighted by Gasteiger charge is -2.33. The second-order valence-electron chi connectivity index (χ2n) is 7.97. The SMILES string of the molecule is O=C1CCC(c2cccc(C#CCCN3CCC(C4OCCO4)CC3)c2)C(=O)N1. The second kappa shape index (κ2) is 9.53. The van der Waals surface area contributed by atoms with Gasteiger partial charge >= 0.3 is 0 Å². The number of nitrogens with one attached hydrogen (secondary N) is 1. The Morgan fingerprint density at radius 1 is 1.10 bits per heavy atom. The molecule has 1 aromatic rings. The third kappa shape index (κ3) is 5.24. The highest BCUT2D eigenvalue weighted by molar-refractivity contribution is 6.00. The van der Waals surface area contributed by atoms with E-state index in [-0.39, 0.29) is 24.0 Å². The van der Waals surface area contributed by atoms with Crippen LogP contribution in [0.25, 0.3) is 0 Å². The molecule has 6 heteroatoms. The number of hydrogen-bond donors (Lipinski definition) is 1. The minimum atomic E-state index is -0.261. The number of hydrogen-bond acceptors (Lipinski definition) is 5. The Kier molecular flexibility index (Phi) is 6.60. The van der Waals surface area contributed by atoms with Gasteiger partial charge in [-0.2, -0.15) is 0 Å². The zero-order valence-corrected chi connectivity index (χ0v) is 16.7. The molecule has 1 unspecified atom stereocenters. The zero-order chi connectivity index (χ0) is 20.1. The predicted octanol–water partition coefficient (Wildman–Crippen LogP) is 2.03. The molecule has 29 heavy (non-hydrogen) atoms. The molecule has 3 saturated heterocycles. The van der Waals surface area contributed by atoms with E-state index in [1.807, 2.05) is 24.3 Å². The van der Waals surface area contributed by atoms with Crippen LogP contribution in [0.15, 0.2) is 24.3 Å². The van der Waals surface area contributed by atoms with Crippen LogP contribution in [-0.2, 0) is 19.1 Å². The van der Waals surface area contributed by atoms with Crippen LogP contribution in [0.4, 0.5) is 0 Å². The minimum absolute atomic E-state index is 0.00795. The van der Waals surface area contributed by atoms with E-state index in [1.54, 1.807) is 0 Å². The monoisotopic (exact) mass is 396 g/mol. The van der Waals surface area contributed by atoms with E-state index in [0.717, 1.165) is 63.2 Å². The van der Waals surface area contributed by atoms with E-state index < -0.39 is 0 Å². The van der Waals surface area contributed by atoms with Gasteiger partial charge in [0.2, 0.25) is 11.8 Å². The Bertz CT molecular complexity index is 799. The number of piperidine rings is 2. The van der Waals surface area contributed by atoms with Crippen LogP contribution in [0, 0.1) is 17.8 Å². The van der Waals surface area contributed by atoms with Gasteiger partial charge in [-0.05, 0) is 50.0 Å². The molecule has 3 heterocycles. The van der Waals surface area contributed by atoms with Gasteiger partial charge in [-0.3, -0.25) is 14.9 Å². The highest BCUT2D eigenvalue weighted by atomic mass is 16.7. The van der Waals surface area contributed by atoms with Crippen LogP contribution in [0.5, 0.6) is 0 Å². The van der Waals surface area contributed by atoms with E-state index in [0.29, 0.717) is 18.8 Å². The van der Waals surface area contributed by atoms with Gasteiger partial charge in [0.15, 0.2) is 6.29 Å². The summed E-state index contributed by atoms with van der Waals surface area (Å²) in [6.45, 7) is 4.57. The van der Waals surface area contributed by atoms with Crippen LogP contribution in [0.2, 0.25) is 0 Å². The van der Waals surface area contributed by atoms with E-state index in [1.165, 1.54) is 0 Å². The standard InChI is InChI=1S/C23H28N2O4/c26-21-8-7-20(22(27)24-21)19-6-3-5-17(16-19)4-1-2-11-25-12-9-18(10-13-25)23-28-14-15-29-23/h3,5-6,16,18,20,23H,2,7-15H2,(H,24,26,27). The maximum absolute atomic E-state index is 12.1. The summed E-state index contributed by atoms with van der Waals surface area (Å²) < 4.78 is 11.3. The summed E-state index contributed by atoms with van der Waals surface area (Å²) in [5.74, 6) is 6.36. The summed E-state index contributed by atoms with van der Waals surface area (Å²) in [6, 6.07) is 7.81. The smallest absolute Gasteiger partial charge is 0.234 e. The van der Waals surface area contributed by atoms with Gasteiger partial charge in [0.25, 0.3) is 0 Å². The molecule has 2 amide bonds. The number of imide groups is 1. The van der Waals surface area contributed by atoms with Crippen molar-refractivity contribution in [3.63, 3.8) is 0 Å². The van der Waals surface area contributed by atoms with Crippen molar-refractivity contribution in [1.82, 2.24) is 10.2 Å².